The molecule has 1 aromatic rings. The lowest BCUT2D eigenvalue weighted by molar-refractivity contribution is -0.119. The summed E-state index contributed by atoms with van der Waals surface area (Å²) in [5.41, 5.74) is 6.96. The first kappa shape index (κ1) is 16.3. The van der Waals surface area contributed by atoms with E-state index in [0.717, 1.165) is 12.8 Å². The summed E-state index contributed by atoms with van der Waals surface area (Å²) in [4.78, 5) is 25.7. The van der Waals surface area contributed by atoms with Crippen LogP contribution in [0.3, 0.4) is 0 Å². The van der Waals surface area contributed by atoms with Crippen molar-refractivity contribution in [1.29, 1.82) is 0 Å². The van der Waals surface area contributed by atoms with E-state index in [-0.39, 0.29) is 24.3 Å². The number of benzene rings is 1. The second-order valence-corrected chi connectivity index (χ2v) is 5.62. The van der Waals surface area contributed by atoms with Gasteiger partial charge in [-0.1, -0.05) is 0 Å². The predicted octanol–water partition coefficient (Wildman–Crippen LogP) is 1.89. The third-order valence-electron chi connectivity index (χ3n) is 3.58. The molecule has 1 heterocycles. The van der Waals surface area contributed by atoms with Crippen LogP contribution in [0, 0.1) is 0 Å². The van der Waals surface area contributed by atoms with Crippen LogP contribution < -0.4 is 20.7 Å². The van der Waals surface area contributed by atoms with Gasteiger partial charge in [-0.05, 0) is 38.0 Å². The first-order valence-corrected chi connectivity index (χ1v) is 7.55. The Balaban J connectivity index is 2.22. The van der Waals surface area contributed by atoms with E-state index in [1.165, 1.54) is 0 Å². The normalized spacial score (nSPS) is 16.3. The number of carbonyl (C=O) groups excluding carboxylic acids is 2. The third kappa shape index (κ3) is 3.98. The van der Waals surface area contributed by atoms with Crippen LogP contribution in [0.4, 0.5) is 11.4 Å². The van der Waals surface area contributed by atoms with Crippen LogP contribution in [0.25, 0.3) is 0 Å². The van der Waals surface area contributed by atoms with Crippen molar-refractivity contribution >= 4 is 23.2 Å². The summed E-state index contributed by atoms with van der Waals surface area (Å²) in [6.45, 7) is 2.46. The number of amides is 2. The number of methoxy groups -OCH3 is 1. The molecule has 1 aliphatic heterocycles. The van der Waals surface area contributed by atoms with Crippen LogP contribution in [-0.2, 0) is 9.59 Å². The summed E-state index contributed by atoms with van der Waals surface area (Å²) < 4.78 is 5.34. The van der Waals surface area contributed by atoms with Crippen LogP contribution in [0.1, 0.15) is 32.6 Å². The van der Waals surface area contributed by atoms with Crippen molar-refractivity contribution in [1.82, 2.24) is 0 Å². The van der Waals surface area contributed by atoms with Gasteiger partial charge in [0, 0.05) is 31.1 Å². The zero-order valence-electron chi connectivity index (χ0n) is 13.1. The van der Waals surface area contributed by atoms with Gasteiger partial charge < -0.3 is 20.7 Å². The van der Waals surface area contributed by atoms with Crippen LogP contribution in [0.2, 0.25) is 0 Å². The van der Waals surface area contributed by atoms with Crippen LogP contribution in [-0.4, -0.2) is 31.5 Å². The number of hydrogen-bond acceptors (Lipinski definition) is 4. The van der Waals surface area contributed by atoms with E-state index in [1.54, 1.807) is 37.1 Å². The van der Waals surface area contributed by atoms with Crippen molar-refractivity contribution in [3.63, 3.8) is 0 Å². The third-order valence-corrected chi connectivity index (χ3v) is 3.58. The molecule has 6 nitrogen and oxygen atoms in total. The first-order valence-electron chi connectivity index (χ1n) is 7.55. The van der Waals surface area contributed by atoms with Crippen molar-refractivity contribution in [3.8, 4) is 5.75 Å². The van der Waals surface area contributed by atoms with Crippen molar-refractivity contribution < 1.29 is 14.3 Å². The average Bonchev–Trinajstić information content (AvgIpc) is 2.47. The molecule has 1 aromatic carbocycles. The van der Waals surface area contributed by atoms with Gasteiger partial charge >= 0.3 is 0 Å². The fourth-order valence-corrected chi connectivity index (χ4v) is 2.54. The molecule has 22 heavy (non-hydrogen) atoms. The maximum atomic E-state index is 12.1. The number of hydrogen-bond donors (Lipinski definition) is 2. The van der Waals surface area contributed by atoms with Gasteiger partial charge in [0.25, 0.3) is 0 Å². The Labute approximate surface area is 130 Å². The molecule has 1 unspecified atom stereocenters. The Morgan fingerprint density at radius 3 is 2.86 bits per heavy atom. The van der Waals surface area contributed by atoms with Gasteiger partial charge in [0.2, 0.25) is 11.8 Å². The fraction of sp³-hybridized carbons (Fsp3) is 0.500. The highest BCUT2D eigenvalue weighted by atomic mass is 16.5. The van der Waals surface area contributed by atoms with E-state index in [2.05, 4.69) is 5.32 Å². The Kier molecular flexibility index (Phi) is 5.38. The molecule has 2 rings (SSSR count). The highest BCUT2D eigenvalue weighted by Gasteiger charge is 2.23. The quantitative estimate of drug-likeness (QED) is 0.870. The number of nitrogens with one attached hydrogen (secondary N) is 1. The monoisotopic (exact) mass is 305 g/mol. The minimum Gasteiger partial charge on any atom is -0.495 e. The Morgan fingerprint density at radius 2 is 2.23 bits per heavy atom. The molecule has 0 spiro atoms. The lowest BCUT2D eigenvalue weighted by Gasteiger charge is -2.28. The molecule has 0 aliphatic carbocycles. The molecule has 3 N–H and O–H groups in total. The van der Waals surface area contributed by atoms with Crippen molar-refractivity contribution in [2.75, 3.05) is 23.9 Å². The van der Waals surface area contributed by atoms with Crippen molar-refractivity contribution in [2.45, 2.75) is 38.6 Å². The number of ether oxygens (including phenoxy) is 1. The molecule has 1 aliphatic rings. The number of nitrogens with two attached hydrogens (primary N) is 1. The lowest BCUT2D eigenvalue weighted by Crippen LogP contribution is -2.35. The second kappa shape index (κ2) is 7.26. The fourth-order valence-electron chi connectivity index (χ4n) is 2.54. The van der Waals surface area contributed by atoms with Gasteiger partial charge in [-0.25, -0.2) is 0 Å². The molecule has 1 fully saturated rings. The maximum Gasteiger partial charge on any atom is 0.227 e. The minimum atomic E-state index is -0.193. The lowest BCUT2D eigenvalue weighted by atomic mass is 10.1. The SMILES string of the molecule is COc1ccc(NC(=O)CC(C)N)cc1N1CCCCC1=O. The van der Waals surface area contributed by atoms with E-state index in [4.69, 9.17) is 10.5 Å². The van der Waals surface area contributed by atoms with Gasteiger partial charge in [0.1, 0.15) is 5.75 Å². The van der Waals surface area contributed by atoms with Crippen LogP contribution in [0.15, 0.2) is 18.2 Å². The van der Waals surface area contributed by atoms with E-state index in [1.807, 2.05) is 0 Å². The minimum absolute atomic E-state index is 0.0867. The highest BCUT2D eigenvalue weighted by Crippen LogP contribution is 2.33. The topological polar surface area (TPSA) is 84.7 Å². The summed E-state index contributed by atoms with van der Waals surface area (Å²) in [7, 11) is 1.57. The summed E-state index contributed by atoms with van der Waals surface area (Å²) in [5.74, 6) is 0.570. The van der Waals surface area contributed by atoms with Gasteiger partial charge in [0.15, 0.2) is 0 Å². The zero-order chi connectivity index (χ0) is 16.1. The smallest absolute Gasteiger partial charge is 0.227 e. The molecule has 0 saturated carbocycles. The van der Waals surface area contributed by atoms with E-state index in [0.29, 0.717) is 30.1 Å². The number of nitrogens with zero attached hydrogens (tertiary/aromatic N) is 1. The van der Waals surface area contributed by atoms with Crippen molar-refractivity contribution in [3.05, 3.63) is 18.2 Å². The van der Waals surface area contributed by atoms with Gasteiger partial charge in [-0.15, -0.1) is 0 Å². The largest absolute Gasteiger partial charge is 0.495 e. The van der Waals surface area contributed by atoms with E-state index in [9.17, 15) is 9.59 Å². The number of carbonyl (C=O) groups is 2. The number of anilines is 2. The molecular formula is C16H23N3O3. The Hall–Kier alpha value is -2.08. The summed E-state index contributed by atoms with van der Waals surface area (Å²) in [5, 5.41) is 2.81. The molecule has 0 radical (unpaired) electrons. The number of piperidine rings is 1. The Bertz CT molecular complexity index is 558. The van der Waals surface area contributed by atoms with Gasteiger partial charge in [0.05, 0.1) is 12.8 Å². The molecule has 6 heteroatoms. The maximum absolute atomic E-state index is 12.1. The predicted molar refractivity (Wildman–Crippen MR) is 86.1 cm³/mol. The highest BCUT2D eigenvalue weighted by molar-refractivity contribution is 5.97. The molecule has 1 saturated heterocycles. The summed E-state index contributed by atoms with van der Waals surface area (Å²) >= 11 is 0. The summed E-state index contributed by atoms with van der Waals surface area (Å²) in [6, 6.07) is 5.11. The zero-order valence-corrected chi connectivity index (χ0v) is 13.1. The molecule has 120 valence electrons. The van der Waals surface area contributed by atoms with E-state index < -0.39 is 0 Å². The van der Waals surface area contributed by atoms with E-state index >= 15 is 0 Å². The number of rotatable bonds is 5. The second-order valence-electron chi connectivity index (χ2n) is 5.62. The summed E-state index contributed by atoms with van der Waals surface area (Å²) in [6.07, 6.45) is 2.69. The molecular weight excluding hydrogens is 282 g/mol. The van der Waals surface area contributed by atoms with Crippen LogP contribution in [0.5, 0.6) is 5.75 Å². The Morgan fingerprint density at radius 1 is 1.45 bits per heavy atom. The molecule has 0 aromatic heterocycles. The standard InChI is InChI=1S/C16H23N3O3/c1-11(17)9-15(20)18-12-6-7-14(22-2)13(10-12)19-8-4-3-5-16(19)21/h6-7,10-11H,3-5,8-9,17H2,1-2H3,(H,18,20). The van der Waals surface area contributed by atoms with Gasteiger partial charge in [-0.2, -0.15) is 0 Å². The first-order chi connectivity index (χ1) is 10.5. The molecule has 0 bridgehead atoms. The average molecular weight is 305 g/mol. The van der Waals surface area contributed by atoms with Crippen LogP contribution >= 0.6 is 0 Å². The molecule has 2 amide bonds. The van der Waals surface area contributed by atoms with Gasteiger partial charge in [-0.3, -0.25) is 9.59 Å². The van der Waals surface area contributed by atoms with Crippen molar-refractivity contribution in [2.24, 2.45) is 5.73 Å². The molecule has 1 atom stereocenters.